The lowest BCUT2D eigenvalue weighted by molar-refractivity contribution is 0.0691. The molecule has 0 bridgehead atoms. The van der Waals surface area contributed by atoms with Crippen molar-refractivity contribution in [3.05, 3.63) is 53.0 Å². The van der Waals surface area contributed by atoms with E-state index >= 15 is 0 Å². The summed E-state index contributed by atoms with van der Waals surface area (Å²) >= 11 is 0. The molecule has 100 valence electrons. The summed E-state index contributed by atoms with van der Waals surface area (Å²) in [7, 11) is 1.41. The second-order valence-corrected chi connectivity index (χ2v) is 4.58. The molecule has 0 saturated heterocycles. The molecule has 1 aromatic heterocycles. The van der Waals surface area contributed by atoms with E-state index in [2.05, 4.69) is 9.97 Å². The van der Waals surface area contributed by atoms with Gasteiger partial charge in [-0.3, -0.25) is 14.5 Å². The molecule has 3 rings (SSSR count). The summed E-state index contributed by atoms with van der Waals surface area (Å²) in [6, 6.07) is 9.61. The molecule has 0 spiro atoms. The number of fused-ring (bicyclic) bond motifs is 1. The van der Waals surface area contributed by atoms with E-state index in [9.17, 15) is 9.59 Å². The highest BCUT2D eigenvalue weighted by Gasteiger charge is 2.37. The van der Waals surface area contributed by atoms with Crippen LogP contribution >= 0.6 is 0 Å². The van der Waals surface area contributed by atoms with Crippen LogP contribution in [0.1, 0.15) is 32.2 Å². The van der Waals surface area contributed by atoms with E-state index in [0.29, 0.717) is 12.2 Å². The van der Waals surface area contributed by atoms with Gasteiger partial charge in [0.15, 0.2) is 0 Å². The molecule has 1 aliphatic heterocycles. The van der Waals surface area contributed by atoms with E-state index in [-0.39, 0.29) is 17.1 Å². The van der Waals surface area contributed by atoms with Crippen LogP contribution in [0.25, 0.3) is 0 Å². The van der Waals surface area contributed by atoms with Crippen LogP contribution in [0.15, 0.2) is 30.3 Å². The van der Waals surface area contributed by atoms with Gasteiger partial charge in [0.2, 0.25) is 0 Å². The largest absolute Gasteiger partial charge is 0.383 e. The topological polar surface area (TPSA) is 89.2 Å². The Hall–Kier alpha value is -2.76. The van der Waals surface area contributed by atoms with Crippen molar-refractivity contribution in [2.75, 3.05) is 12.8 Å². The van der Waals surface area contributed by atoms with Crippen LogP contribution in [0, 0.1) is 0 Å². The van der Waals surface area contributed by atoms with Gasteiger partial charge in [0.1, 0.15) is 22.9 Å². The molecule has 0 radical (unpaired) electrons. The molecule has 6 heteroatoms. The number of nitrogens with zero attached hydrogens (tertiary/aromatic N) is 3. The molecule has 2 N–H and O–H groups in total. The average molecular weight is 268 g/mol. The monoisotopic (exact) mass is 268 g/mol. The first-order valence-electron chi connectivity index (χ1n) is 6.10. The minimum atomic E-state index is -0.450. The molecule has 2 amide bonds. The summed E-state index contributed by atoms with van der Waals surface area (Å²) in [5, 5.41) is 0. The maximum atomic E-state index is 11.9. The first-order valence-corrected chi connectivity index (χ1v) is 6.10. The number of nitrogen functional groups attached to an aromatic ring is 1. The van der Waals surface area contributed by atoms with E-state index in [1.165, 1.54) is 7.05 Å². The lowest BCUT2D eigenvalue weighted by Gasteiger charge is -2.04. The summed E-state index contributed by atoms with van der Waals surface area (Å²) < 4.78 is 0. The van der Waals surface area contributed by atoms with Crippen LogP contribution in [-0.2, 0) is 6.42 Å². The zero-order valence-corrected chi connectivity index (χ0v) is 10.8. The van der Waals surface area contributed by atoms with Crippen molar-refractivity contribution >= 4 is 17.6 Å². The Morgan fingerprint density at radius 2 is 1.80 bits per heavy atom. The Kier molecular flexibility index (Phi) is 2.71. The molecule has 0 aliphatic carbocycles. The number of anilines is 1. The lowest BCUT2D eigenvalue weighted by atomic mass is 10.1. The van der Waals surface area contributed by atoms with Gasteiger partial charge < -0.3 is 5.73 Å². The van der Waals surface area contributed by atoms with Crippen molar-refractivity contribution in [3.63, 3.8) is 0 Å². The molecule has 2 heterocycles. The molecule has 1 aromatic carbocycles. The molecule has 1 aliphatic rings. The predicted molar refractivity (Wildman–Crippen MR) is 72.1 cm³/mol. The molecular formula is C14H12N4O2. The highest BCUT2D eigenvalue weighted by atomic mass is 16.2. The highest BCUT2D eigenvalue weighted by Crippen LogP contribution is 2.24. The minimum Gasteiger partial charge on any atom is -0.383 e. The third-order valence-electron chi connectivity index (χ3n) is 3.21. The molecule has 0 fully saturated rings. The van der Waals surface area contributed by atoms with Crippen molar-refractivity contribution in [1.82, 2.24) is 14.9 Å². The van der Waals surface area contributed by atoms with E-state index in [0.717, 1.165) is 10.5 Å². The lowest BCUT2D eigenvalue weighted by Crippen LogP contribution is -2.24. The van der Waals surface area contributed by atoms with Crippen LogP contribution in [0.3, 0.4) is 0 Å². The number of nitrogens with two attached hydrogens (primary N) is 1. The quantitative estimate of drug-likeness (QED) is 0.816. The second kappa shape index (κ2) is 4.41. The summed E-state index contributed by atoms with van der Waals surface area (Å²) in [4.78, 5) is 33.1. The maximum absolute atomic E-state index is 11.9. The molecule has 0 unspecified atom stereocenters. The third kappa shape index (κ3) is 1.82. The zero-order valence-electron chi connectivity index (χ0n) is 10.8. The van der Waals surface area contributed by atoms with Gasteiger partial charge in [0.05, 0.1) is 0 Å². The number of imide groups is 1. The SMILES string of the molecule is CN1C(=O)c2nc(Cc3ccccc3)nc(N)c2C1=O. The Labute approximate surface area is 115 Å². The minimum absolute atomic E-state index is 0.0589. The Bertz CT molecular complexity index is 713. The van der Waals surface area contributed by atoms with Crippen molar-refractivity contribution in [2.45, 2.75) is 6.42 Å². The maximum Gasteiger partial charge on any atom is 0.280 e. The first kappa shape index (κ1) is 12.3. The van der Waals surface area contributed by atoms with Crippen LogP contribution in [0.4, 0.5) is 5.82 Å². The van der Waals surface area contributed by atoms with E-state index in [1.807, 2.05) is 30.3 Å². The van der Waals surface area contributed by atoms with Gasteiger partial charge in [0.25, 0.3) is 11.8 Å². The number of benzene rings is 1. The number of hydrogen-bond donors (Lipinski definition) is 1. The fourth-order valence-corrected chi connectivity index (χ4v) is 2.17. The Morgan fingerprint density at radius 3 is 2.50 bits per heavy atom. The number of aromatic nitrogens is 2. The smallest absolute Gasteiger partial charge is 0.280 e. The molecule has 20 heavy (non-hydrogen) atoms. The van der Waals surface area contributed by atoms with Gasteiger partial charge in [0, 0.05) is 13.5 Å². The number of carbonyl (C=O) groups excluding carboxylic acids is 2. The number of amides is 2. The number of carbonyl (C=O) groups is 2. The van der Waals surface area contributed by atoms with E-state index < -0.39 is 11.8 Å². The second-order valence-electron chi connectivity index (χ2n) is 4.58. The van der Waals surface area contributed by atoms with Crippen molar-refractivity contribution in [3.8, 4) is 0 Å². The molecule has 0 saturated carbocycles. The van der Waals surface area contributed by atoms with E-state index in [4.69, 9.17) is 5.73 Å². The summed E-state index contributed by atoms with van der Waals surface area (Å²) in [6.45, 7) is 0. The molecular weight excluding hydrogens is 256 g/mol. The molecule has 2 aromatic rings. The van der Waals surface area contributed by atoms with Gasteiger partial charge in [-0.15, -0.1) is 0 Å². The Morgan fingerprint density at radius 1 is 1.10 bits per heavy atom. The third-order valence-corrected chi connectivity index (χ3v) is 3.21. The highest BCUT2D eigenvalue weighted by molar-refractivity contribution is 6.22. The Balaban J connectivity index is 2.03. The fraction of sp³-hybridized carbons (Fsp3) is 0.143. The molecule has 6 nitrogen and oxygen atoms in total. The van der Waals surface area contributed by atoms with Crippen LogP contribution in [0.5, 0.6) is 0 Å². The normalized spacial score (nSPS) is 13.8. The fourth-order valence-electron chi connectivity index (χ4n) is 2.17. The van der Waals surface area contributed by atoms with Gasteiger partial charge in [-0.25, -0.2) is 9.97 Å². The van der Waals surface area contributed by atoms with Crippen LogP contribution < -0.4 is 5.73 Å². The van der Waals surface area contributed by atoms with Gasteiger partial charge >= 0.3 is 0 Å². The van der Waals surface area contributed by atoms with Gasteiger partial charge in [-0.2, -0.15) is 0 Å². The summed E-state index contributed by atoms with van der Waals surface area (Å²) in [5.74, 6) is -0.394. The van der Waals surface area contributed by atoms with Gasteiger partial charge in [-0.05, 0) is 5.56 Å². The van der Waals surface area contributed by atoms with Crippen molar-refractivity contribution < 1.29 is 9.59 Å². The predicted octanol–water partition coefficient (Wildman–Crippen LogP) is 0.875. The van der Waals surface area contributed by atoms with E-state index in [1.54, 1.807) is 0 Å². The van der Waals surface area contributed by atoms with Gasteiger partial charge in [-0.1, -0.05) is 30.3 Å². The number of hydrogen-bond acceptors (Lipinski definition) is 5. The summed E-state index contributed by atoms with van der Waals surface area (Å²) in [5.41, 5.74) is 7.00. The van der Waals surface area contributed by atoms with Crippen LogP contribution in [-0.4, -0.2) is 33.7 Å². The average Bonchev–Trinajstić information content (AvgIpc) is 2.65. The van der Waals surface area contributed by atoms with Crippen molar-refractivity contribution in [2.24, 2.45) is 0 Å². The molecule has 0 atom stereocenters. The van der Waals surface area contributed by atoms with Crippen LogP contribution in [0.2, 0.25) is 0 Å². The first-order chi connectivity index (χ1) is 9.58. The number of rotatable bonds is 2. The standard InChI is InChI=1S/C14H12N4O2/c1-18-13(19)10-11(14(18)20)16-9(17-12(10)15)7-8-5-3-2-4-6-8/h2-6H,7H2,1H3,(H2,15,16,17). The zero-order chi connectivity index (χ0) is 14.3. The van der Waals surface area contributed by atoms with Crippen molar-refractivity contribution in [1.29, 1.82) is 0 Å². The summed E-state index contributed by atoms with van der Waals surface area (Å²) in [6.07, 6.45) is 0.462.